The van der Waals surface area contributed by atoms with Gasteiger partial charge in [-0.05, 0) is 66.8 Å². The molecule has 1 N–H and O–H groups in total. The van der Waals surface area contributed by atoms with Crippen LogP contribution in [0.4, 0.5) is 4.39 Å². The fraction of sp³-hybridized carbons (Fsp3) is 0.360. The van der Waals surface area contributed by atoms with Crippen LogP contribution in [0, 0.1) is 5.82 Å². The summed E-state index contributed by atoms with van der Waals surface area (Å²) in [5.41, 5.74) is 5.06. The van der Waals surface area contributed by atoms with Crippen molar-refractivity contribution >= 4 is 5.91 Å². The van der Waals surface area contributed by atoms with Crippen molar-refractivity contribution in [2.45, 2.75) is 38.5 Å². The van der Waals surface area contributed by atoms with E-state index in [1.807, 2.05) is 30.1 Å². The van der Waals surface area contributed by atoms with Crippen LogP contribution in [-0.2, 0) is 24.1 Å². The summed E-state index contributed by atoms with van der Waals surface area (Å²) in [6, 6.07) is 14.4. The van der Waals surface area contributed by atoms with Gasteiger partial charge in [0.2, 0.25) is 5.91 Å². The fourth-order valence-corrected chi connectivity index (χ4v) is 3.88. The first kappa shape index (κ1) is 21.1. The summed E-state index contributed by atoms with van der Waals surface area (Å²) in [4.78, 5) is 14.3. The van der Waals surface area contributed by atoms with Crippen molar-refractivity contribution < 1.29 is 13.9 Å². The Kier molecular flexibility index (Phi) is 6.65. The summed E-state index contributed by atoms with van der Waals surface area (Å²) in [5.74, 6) is 0.854. The minimum absolute atomic E-state index is 0.149. The van der Waals surface area contributed by atoms with Gasteiger partial charge < -0.3 is 9.64 Å². The maximum atomic E-state index is 13.1. The Morgan fingerprint density at radius 1 is 1.13 bits per heavy atom. The van der Waals surface area contributed by atoms with Gasteiger partial charge in [-0.2, -0.15) is 5.10 Å². The van der Waals surface area contributed by atoms with E-state index < -0.39 is 0 Å². The van der Waals surface area contributed by atoms with Gasteiger partial charge in [-0.3, -0.25) is 9.89 Å². The van der Waals surface area contributed by atoms with Crippen molar-refractivity contribution in [3.05, 3.63) is 71.2 Å². The Morgan fingerprint density at radius 3 is 2.81 bits per heavy atom. The fourth-order valence-electron chi connectivity index (χ4n) is 3.88. The number of hydrogen-bond donors (Lipinski definition) is 1. The first-order valence-electron chi connectivity index (χ1n) is 10.9. The number of amides is 1. The molecule has 5 nitrogen and oxygen atoms in total. The lowest BCUT2D eigenvalue weighted by molar-refractivity contribution is -0.129. The summed E-state index contributed by atoms with van der Waals surface area (Å²) in [7, 11) is 1.88. The van der Waals surface area contributed by atoms with Crippen molar-refractivity contribution in [3.63, 3.8) is 0 Å². The molecule has 1 aromatic heterocycles. The van der Waals surface area contributed by atoms with Crippen LogP contribution in [0.5, 0.6) is 5.75 Å². The first-order chi connectivity index (χ1) is 15.1. The molecule has 6 heteroatoms. The number of carbonyl (C=O) groups is 1. The molecule has 31 heavy (non-hydrogen) atoms. The highest BCUT2D eigenvalue weighted by atomic mass is 19.1. The quantitative estimate of drug-likeness (QED) is 0.515. The number of aromatic amines is 1. The number of likely N-dealkylation sites (N-methyl/N-ethyl adjacent to an activating group) is 1. The van der Waals surface area contributed by atoms with E-state index in [1.54, 1.807) is 12.1 Å². The Labute approximate surface area is 182 Å². The van der Waals surface area contributed by atoms with E-state index in [1.165, 1.54) is 17.7 Å². The average Bonchev–Trinajstić information content (AvgIpc) is 3.43. The van der Waals surface area contributed by atoms with E-state index in [9.17, 15) is 9.18 Å². The van der Waals surface area contributed by atoms with Crippen LogP contribution in [0.1, 0.15) is 36.1 Å². The smallest absolute Gasteiger partial charge is 0.226 e. The molecule has 0 spiro atoms. The third-order valence-corrected chi connectivity index (χ3v) is 5.75. The van der Waals surface area contributed by atoms with Gasteiger partial charge in [0.15, 0.2) is 0 Å². The molecule has 2 aromatic carbocycles. The molecule has 2 heterocycles. The van der Waals surface area contributed by atoms with E-state index in [0.29, 0.717) is 6.42 Å². The van der Waals surface area contributed by atoms with Crippen LogP contribution in [0.15, 0.2) is 48.5 Å². The van der Waals surface area contributed by atoms with Crippen LogP contribution in [0.3, 0.4) is 0 Å². The molecule has 1 amide bonds. The van der Waals surface area contributed by atoms with Gasteiger partial charge in [-0.1, -0.05) is 18.6 Å². The summed E-state index contributed by atoms with van der Waals surface area (Å²) in [6.45, 7) is 1.50. The molecule has 0 radical (unpaired) electrons. The molecular weight excluding hydrogens is 393 g/mol. The van der Waals surface area contributed by atoms with Crippen LogP contribution in [-0.4, -0.2) is 41.2 Å². The molecule has 0 saturated heterocycles. The second kappa shape index (κ2) is 9.77. The van der Waals surface area contributed by atoms with Gasteiger partial charge in [0.25, 0.3) is 0 Å². The molecule has 162 valence electrons. The Balaban J connectivity index is 1.16. The van der Waals surface area contributed by atoms with E-state index >= 15 is 0 Å². The Morgan fingerprint density at radius 2 is 1.97 bits per heavy atom. The highest BCUT2D eigenvalue weighted by Gasteiger charge is 2.15. The van der Waals surface area contributed by atoms with Crippen LogP contribution < -0.4 is 4.74 Å². The van der Waals surface area contributed by atoms with E-state index in [2.05, 4.69) is 16.3 Å². The van der Waals surface area contributed by atoms with Crippen LogP contribution in [0.25, 0.3) is 11.3 Å². The number of halogens is 1. The van der Waals surface area contributed by atoms with Gasteiger partial charge in [0.05, 0.1) is 18.7 Å². The molecular formula is C25H28FN3O2. The van der Waals surface area contributed by atoms with Crippen molar-refractivity contribution in [1.82, 2.24) is 15.1 Å². The number of ether oxygens (including phenoxy) is 1. The number of nitrogens with zero attached hydrogens (tertiary/aromatic N) is 2. The molecule has 0 atom stereocenters. The molecule has 1 aliphatic heterocycles. The number of rotatable bonds is 9. The summed E-state index contributed by atoms with van der Waals surface area (Å²) < 4.78 is 18.6. The highest BCUT2D eigenvalue weighted by molar-refractivity contribution is 5.78. The molecule has 0 saturated carbocycles. The maximum Gasteiger partial charge on any atom is 0.226 e. The number of unbranched alkanes of at least 4 members (excludes halogenated alkanes) is 2. The topological polar surface area (TPSA) is 58.2 Å². The summed E-state index contributed by atoms with van der Waals surface area (Å²) in [6.07, 6.45) is 5.30. The number of aryl methyl sites for hydroxylation is 1. The zero-order valence-electron chi connectivity index (χ0n) is 17.9. The second-order valence-corrected chi connectivity index (χ2v) is 8.13. The third kappa shape index (κ3) is 5.51. The lowest BCUT2D eigenvalue weighted by atomic mass is 10.1. The average molecular weight is 422 g/mol. The zero-order valence-corrected chi connectivity index (χ0v) is 17.9. The molecule has 0 aliphatic carbocycles. The number of nitrogens with one attached hydrogen (secondary N) is 1. The van der Waals surface area contributed by atoms with Crippen molar-refractivity contribution in [3.8, 4) is 17.0 Å². The van der Waals surface area contributed by atoms with Crippen molar-refractivity contribution in [1.29, 1.82) is 0 Å². The first-order valence-corrected chi connectivity index (χ1v) is 10.9. The zero-order chi connectivity index (χ0) is 21.6. The van der Waals surface area contributed by atoms with Crippen LogP contribution >= 0.6 is 0 Å². The number of hydrogen-bond acceptors (Lipinski definition) is 3. The van der Waals surface area contributed by atoms with E-state index in [-0.39, 0.29) is 11.7 Å². The number of benzene rings is 2. The lowest BCUT2D eigenvalue weighted by Crippen LogP contribution is -2.29. The number of fused-ring (bicyclic) bond motifs is 1. The van der Waals surface area contributed by atoms with Crippen LogP contribution in [0.2, 0.25) is 0 Å². The molecule has 3 aromatic rings. The molecule has 1 aliphatic rings. The molecule has 0 bridgehead atoms. The highest BCUT2D eigenvalue weighted by Crippen LogP contribution is 2.26. The predicted molar refractivity (Wildman–Crippen MR) is 119 cm³/mol. The van der Waals surface area contributed by atoms with Gasteiger partial charge >= 0.3 is 0 Å². The third-order valence-electron chi connectivity index (χ3n) is 5.75. The monoisotopic (exact) mass is 421 g/mol. The molecule has 0 fully saturated rings. The number of aromatic nitrogens is 2. The maximum absolute atomic E-state index is 13.1. The largest absolute Gasteiger partial charge is 0.493 e. The van der Waals surface area contributed by atoms with Gasteiger partial charge in [-0.25, -0.2) is 4.39 Å². The number of carbonyl (C=O) groups excluding carboxylic acids is 1. The van der Waals surface area contributed by atoms with Gasteiger partial charge in [-0.15, -0.1) is 0 Å². The summed E-state index contributed by atoms with van der Waals surface area (Å²) in [5, 5.41) is 7.38. The lowest BCUT2D eigenvalue weighted by Gasteiger charge is -2.17. The minimum atomic E-state index is -0.246. The minimum Gasteiger partial charge on any atom is -0.493 e. The van der Waals surface area contributed by atoms with E-state index in [4.69, 9.17) is 4.74 Å². The second-order valence-electron chi connectivity index (χ2n) is 8.13. The van der Waals surface area contributed by atoms with Crippen molar-refractivity contribution in [2.75, 3.05) is 20.2 Å². The van der Waals surface area contributed by atoms with Gasteiger partial charge in [0, 0.05) is 31.3 Å². The normalized spacial score (nSPS) is 12.5. The SMILES string of the molecule is CN(CCCCCc1cc(-c2ccc(F)cc2)n[nH]1)C(=O)Cc1ccc2c(c1)CCO2. The predicted octanol–water partition coefficient (Wildman–Crippen LogP) is 4.56. The van der Waals surface area contributed by atoms with E-state index in [0.717, 1.165) is 73.5 Å². The number of H-pyrrole nitrogens is 1. The Bertz CT molecular complexity index is 1030. The Hall–Kier alpha value is -3.15. The standard InChI is InChI=1S/C25H28FN3O2/c1-29(25(30)16-18-6-11-24-20(15-18)12-14-31-24)13-4-2-3-5-22-17-23(28-27-22)19-7-9-21(26)10-8-19/h6-11,15,17H,2-5,12-14,16H2,1H3,(H,27,28). The molecule has 0 unspecified atom stereocenters. The van der Waals surface area contributed by atoms with Gasteiger partial charge in [0.1, 0.15) is 11.6 Å². The summed E-state index contributed by atoms with van der Waals surface area (Å²) >= 11 is 0. The molecule has 4 rings (SSSR count). The van der Waals surface area contributed by atoms with Crippen molar-refractivity contribution in [2.24, 2.45) is 0 Å².